The van der Waals surface area contributed by atoms with Gasteiger partial charge in [0.1, 0.15) is 5.82 Å². The van der Waals surface area contributed by atoms with Crippen LogP contribution in [0.15, 0.2) is 17.0 Å². The second-order valence-electron chi connectivity index (χ2n) is 5.25. The zero-order chi connectivity index (χ0) is 15.6. The van der Waals surface area contributed by atoms with E-state index >= 15 is 0 Å². The first-order valence-electron chi connectivity index (χ1n) is 6.79. The molecule has 0 N–H and O–H groups in total. The molecule has 0 bridgehead atoms. The van der Waals surface area contributed by atoms with Gasteiger partial charge in [-0.1, -0.05) is 0 Å². The second-order valence-corrected chi connectivity index (χ2v) is 7.54. The summed E-state index contributed by atoms with van der Waals surface area (Å²) >= 11 is 5.70. The first-order valence-corrected chi connectivity index (χ1v) is 8.76. The van der Waals surface area contributed by atoms with E-state index < -0.39 is 15.8 Å². The molecule has 1 aromatic rings. The van der Waals surface area contributed by atoms with Crippen molar-refractivity contribution in [1.29, 1.82) is 0 Å². The van der Waals surface area contributed by atoms with Crippen LogP contribution < -0.4 is 0 Å². The molecule has 1 atom stereocenters. The fraction of sp³-hybridized carbons (Fsp3) is 0.571. The SMILES string of the molecule is Cc1c(F)cc(CCl)cc1S(=O)(=O)N(C)CC1CCCO1. The number of hydrogen-bond donors (Lipinski definition) is 0. The summed E-state index contributed by atoms with van der Waals surface area (Å²) in [6.07, 6.45) is 1.69. The molecule has 0 radical (unpaired) electrons. The summed E-state index contributed by atoms with van der Waals surface area (Å²) in [5, 5.41) is 0. The summed E-state index contributed by atoms with van der Waals surface area (Å²) < 4.78 is 45.8. The predicted molar refractivity (Wildman–Crippen MR) is 79.5 cm³/mol. The Kier molecular flexibility index (Phi) is 5.24. The molecule has 1 unspecified atom stereocenters. The molecule has 0 aromatic heterocycles. The molecule has 0 amide bonds. The third-order valence-corrected chi connectivity index (χ3v) is 5.94. The van der Waals surface area contributed by atoms with E-state index in [-0.39, 0.29) is 29.0 Å². The third-order valence-electron chi connectivity index (χ3n) is 3.68. The number of rotatable bonds is 5. The number of hydrogen-bond acceptors (Lipinski definition) is 3. The van der Waals surface area contributed by atoms with Gasteiger partial charge in [0.05, 0.1) is 11.0 Å². The molecule has 21 heavy (non-hydrogen) atoms. The van der Waals surface area contributed by atoms with Crippen LogP contribution in [-0.2, 0) is 20.6 Å². The van der Waals surface area contributed by atoms with Crippen molar-refractivity contribution in [1.82, 2.24) is 4.31 Å². The summed E-state index contributed by atoms with van der Waals surface area (Å²) in [5.74, 6) is -0.493. The molecule has 118 valence electrons. The van der Waals surface area contributed by atoms with Crippen molar-refractivity contribution < 1.29 is 17.5 Å². The molecule has 0 aliphatic carbocycles. The third kappa shape index (κ3) is 3.56. The fourth-order valence-corrected chi connectivity index (χ4v) is 4.03. The molecule has 1 aliphatic heterocycles. The molecule has 4 nitrogen and oxygen atoms in total. The van der Waals surface area contributed by atoms with Gasteiger partial charge in [-0.2, -0.15) is 4.31 Å². The molecule has 2 rings (SSSR count). The standard InChI is InChI=1S/C14H19ClFNO3S/c1-10-13(16)6-11(8-15)7-14(10)21(18,19)17(2)9-12-4-3-5-20-12/h6-7,12H,3-5,8-9H2,1-2H3. The van der Waals surface area contributed by atoms with Crippen LogP contribution in [0.4, 0.5) is 4.39 Å². The summed E-state index contributed by atoms with van der Waals surface area (Å²) in [4.78, 5) is -0.0290. The highest BCUT2D eigenvalue weighted by molar-refractivity contribution is 7.89. The minimum Gasteiger partial charge on any atom is -0.377 e. The maximum absolute atomic E-state index is 13.9. The van der Waals surface area contributed by atoms with Crippen molar-refractivity contribution in [3.05, 3.63) is 29.1 Å². The average Bonchev–Trinajstić information content (AvgIpc) is 2.94. The molecule has 1 fully saturated rings. The highest BCUT2D eigenvalue weighted by Crippen LogP contribution is 2.25. The molecule has 0 spiro atoms. The van der Waals surface area contributed by atoms with Crippen molar-refractivity contribution in [2.75, 3.05) is 20.2 Å². The van der Waals surface area contributed by atoms with Crippen molar-refractivity contribution >= 4 is 21.6 Å². The van der Waals surface area contributed by atoms with Crippen LogP contribution in [0.2, 0.25) is 0 Å². The number of halogens is 2. The van der Waals surface area contributed by atoms with Gasteiger partial charge < -0.3 is 4.74 Å². The van der Waals surface area contributed by atoms with Gasteiger partial charge in [0.25, 0.3) is 0 Å². The summed E-state index contributed by atoms with van der Waals surface area (Å²) in [7, 11) is -2.27. The molecule has 1 heterocycles. The number of nitrogens with zero attached hydrogens (tertiary/aromatic N) is 1. The number of sulfonamides is 1. The van der Waals surface area contributed by atoms with E-state index in [4.69, 9.17) is 16.3 Å². The normalized spacial score (nSPS) is 19.4. The first kappa shape index (κ1) is 16.7. The Morgan fingerprint density at radius 3 is 2.76 bits per heavy atom. The lowest BCUT2D eigenvalue weighted by Crippen LogP contribution is -2.34. The Hall–Kier alpha value is -0.690. The molecule has 1 aromatic carbocycles. The van der Waals surface area contributed by atoms with Crippen molar-refractivity contribution in [2.24, 2.45) is 0 Å². The minimum atomic E-state index is -3.76. The summed E-state index contributed by atoms with van der Waals surface area (Å²) in [6, 6.07) is 2.70. The average molecular weight is 336 g/mol. The van der Waals surface area contributed by atoms with Crippen molar-refractivity contribution in [3.8, 4) is 0 Å². The van der Waals surface area contributed by atoms with E-state index in [2.05, 4.69) is 0 Å². The Balaban J connectivity index is 2.31. The van der Waals surface area contributed by atoms with Gasteiger partial charge in [-0.25, -0.2) is 12.8 Å². The topological polar surface area (TPSA) is 46.6 Å². The first-order chi connectivity index (χ1) is 9.86. The lowest BCUT2D eigenvalue weighted by molar-refractivity contribution is 0.0979. The van der Waals surface area contributed by atoms with E-state index in [1.165, 1.54) is 30.4 Å². The molecule has 0 saturated carbocycles. The number of benzene rings is 1. The Morgan fingerprint density at radius 2 is 2.19 bits per heavy atom. The van der Waals surface area contributed by atoms with E-state index in [9.17, 15) is 12.8 Å². The van der Waals surface area contributed by atoms with Gasteiger partial charge in [0.2, 0.25) is 10.0 Å². The van der Waals surface area contributed by atoms with Crippen LogP contribution in [0.5, 0.6) is 0 Å². The van der Waals surface area contributed by atoms with Gasteiger partial charge in [-0.3, -0.25) is 0 Å². The monoisotopic (exact) mass is 335 g/mol. The van der Waals surface area contributed by atoms with Crippen molar-refractivity contribution in [3.63, 3.8) is 0 Å². The summed E-state index contributed by atoms with van der Waals surface area (Å²) in [6.45, 7) is 2.39. The zero-order valence-corrected chi connectivity index (χ0v) is 13.7. The Labute approximate surface area is 129 Å². The molecular formula is C14H19ClFNO3S. The van der Waals surface area contributed by atoms with E-state index in [0.29, 0.717) is 12.2 Å². The van der Waals surface area contributed by atoms with Crippen LogP contribution in [-0.4, -0.2) is 39.0 Å². The largest absolute Gasteiger partial charge is 0.377 e. The van der Waals surface area contributed by atoms with E-state index in [1.807, 2.05) is 0 Å². The highest BCUT2D eigenvalue weighted by Gasteiger charge is 2.28. The number of likely N-dealkylation sites (N-methyl/N-ethyl adjacent to an activating group) is 1. The Bertz CT molecular complexity index is 615. The van der Waals surface area contributed by atoms with Gasteiger partial charge in [-0.05, 0) is 37.5 Å². The number of alkyl halides is 1. The predicted octanol–water partition coefficient (Wildman–Crippen LogP) is 2.67. The maximum Gasteiger partial charge on any atom is 0.243 e. The second kappa shape index (κ2) is 6.60. The fourth-order valence-electron chi connectivity index (χ4n) is 2.39. The van der Waals surface area contributed by atoms with Crippen LogP contribution in [0.1, 0.15) is 24.0 Å². The van der Waals surface area contributed by atoms with Crippen LogP contribution >= 0.6 is 11.6 Å². The van der Waals surface area contributed by atoms with Crippen molar-refractivity contribution in [2.45, 2.75) is 36.6 Å². The van der Waals surface area contributed by atoms with Gasteiger partial charge in [-0.15, -0.1) is 11.6 Å². The van der Waals surface area contributed by atoms with Crippen LogP contribution in [0, 0.1) is 12.7 Å². The van der Waals surface area contributed by atoms with E-state index in [0.717, 1.165) is 12.8 Å². The molecular weight excluding hydrogens is 317 g/mol. The minimum absolute atomic E-state index is 0.0290. The summed E-state index contributed by atoms with van der Waals surface area (Å²) in [5.41, 5.74) is 0.562. The van der Waals surface area contributed by atoms with Crippen LogP contribution in [0.25, 0.3) is 0 Å². The number of ether oxygens (including phenoxy) is 1. The van der Waals surface area contributed by atoms with Gasteiger partial charge >= 0.3 is 0 Å². The smallest absolute Gasteiger partial charge is 0.243 e. The van der Waals surface area contributed by atoms with Gasteiger partial charge in [0, 0.05) is 31.6 Å². The highest BCUT2D eigenvalue weighted by atomic mass is 35.5. The van der Waals surface area contributed by atoms with Crippen LogP contribution in [0.3, 0.4) is 0 Å². The lowest BCUT2D eigenvalue weighted by Gasteiger charge is -2.22. The quantitative estimate of drug-likeness (QED) is 0.777. The lowest BCUT2D eigenvalue weighted by atomic mass is 10.1. The maximum atomic E-state index is 13.9. The van der Waals surface area contributed by atoms with E-state index in [1.54, 1.807) is 0 Å². The molecule has 7 heteroatoms. The zero-order valence-electron chi connectivity index (χ0n) is 12.1. The van der Waals surface area contributed by atoms with Gasteiger partial charge in [0.15, 0.2) is 0 Å². The Morgan fingerprint density at radius 1 is 1.48 bits per heavy atom. The molecule has 1 aliphatic rings. The molecule has 1 saturated heterocycles.